The Bertz CT molecular complexity index is 1170. The number of carbonyl (C=O) groups is 3. The van der Waals surface area contributed by atoms with Crippen LogP contribution in [0.25, 0.3) is 5.69 Å². The van der Waals surface area contributed by atoms with E-state index in [1.54, 1.807) is 18.2 Å². The first kappa shape index (κ1) is 20.0. The standard InChI is InChI=1S/C19H20N6O5S/c20-31(29,30)19(7-2-8-19)15-10-25(23-22-15)13-4-1-3-11-12(13)9-24(18(11)28)14-5-6-16(26)21-17(14)27/h1,3-4,10,14H,2,5-9H2,(H3-,20,21,26,27,29,30). The first-order valence-electron chi connectivity index (χ1n) is 9.93. The number of imide groups is 1. The van der Waals surface area contributed by atoms with Gasteiger partial charge >= 0.3 is 0 Å². The minimum atomic E-state index is -3.85. The molecule has 2 aliphatic heterocycles. The van der Waals surface area contributed by atoms with Crippen molar-refractivity contribution < 1.29 is 23.1 Å². The van der Waals surface area contributed by atoms with Crippen molar-refractivity contribution in [3.05, 3.63) is 41.2 Å². The molecule has 162 valence electrons. The van der Waals surface area contributed by atoms with E-state index in [4.69, 9.17) is 5.14 Å². The predicted octanol–water partition coefficient (Wildman–Crippen LogP) is -0.0889. The Kier molecular flexibility index (Phi) is 4.36. The molecule has 0 bridgehead atoms. The lowest BCUT2D eigenvalue weighted by Crippen LogP contribution is -2.52. The van der Waals surface area contributed by atoms with Gasteiger partial charge in [0.05, 0.1) is 11.9 Å². The largest absolute Gasteiger partial charge is 0.597 e. The monoisotopic (exact) mass is 444 g/mol. The first-order chi connectivity index (χ1) is 14.7. The molecule has 1 aliphatic carbocycles. The Morgan fingerprint density at radius 1 is 1.26 bits per heavy atom. The molecule has 0 spiro atoms. The summed E-state index contributed by atoms with van der Waals surface area (Å²) in [5.74, 6) is -1.13. The van der Waals surface area contributed by atoms with Gasteiger partial charge in [-0.1, -0.05) is 15.5 Å². The number of nitrogens with one attached hydrogen (secondary N) is 1. The molecular formula is C19H20N6O5S. The zero-order chi connectivity index (χ0) is 22.0. The van der Waals surface area contributed by atoms with Gasteiger partial charge < -0.3 is 9.45 Å². The van der Waals surface area contributed by atoms with Gasteiger partial charge in [0.1, 0.15) is 22.1 Å². The molecule has 3 N–H and O–H groups in total. The number of benzene rings is 1. The van der Waals surface area contributed by atoms with Crippen molar-refractivity contribution >= 4 is 28.1 Å². The Morgan fingerprint density at radius 3 is 2.68 bits per heavy atom. The molecule has 2 aromatic rings. The SMILES string of the molecule is N[S+](=O)([O-])C1(c2cn(-c3cccc4c3CN(C3CCC(=O)NC3=O)C4=O)nn2)CCC1. The zero-order valence-corrected chi connectivity index (χ0v) is 17.3. The minimum Gasteiger partial charge on any atom is -0.597 e. The highest BCUT2D eigenvalue weighted by Crippen LogP contribution is 2.48. The molecule has 3 amide bonds. The van der Waals surface area contributed by atoms with Gasteiger partial charge in [-0.3, -0.25) is 19.7 Å². The second-order valence-corrected chi connectivity index (χ2v) is 10.0. The highest BCUT2D eigenvalue weighted by Gasteiger charge is 2.55. The normalized spacial score (nSPS) is 24.4. The number of carbonyl (C=O) groups excluding carboxylic acids is 3. The smallest absolute Gasteiger partial charge is 0.255 e. The number of nitrogens with two attached hydrogens (primary N) is 1. The van der Waals surface area contributed by atoms with Crippen molar-refractivity contribution in [1.82, 2.24) is 25.2 Å². The number of rotatable bonds is 4. The molecule has 1 aromatic carbocycles. The van der Waals surface area contributed by atoms with E-state index in [2.05, 4.69) is 15.6 Å². The van der Waals surface area contributed by atoms with Crippen LogP contribution in [0.5, 0.6) is 0 Å². The lowest BCUT2D eigenvalue weighted by Gasteiger charge is -2.39. The Balaban J connectivity index is 1.48. The van der Waals surface area contributed by atoms with E-state index in [1.807, 2.05) is 0 Å². The molecule has 3 heterocycles. The lowest BCUT2D eigenvalue weighted by molar-refractivity contribution is -0.136. The van der Waals surface area contributed by atoms with Gasteiger partial charge in [0.15, 0.2) is 4.75 Å². The number of nitrogens with zero attached hydrogens (tertiary/aromatic N) is 4. The van der Waals surface area contributed by atoms with Crippen LogP contribution in [0, 0.1) is 0 Å². The van der Waals surface area contributed by atoms with Crippen LogP contribution in [-0.4, -0.2) is 48.2 Å². The fourth-order valence-electron chi connectivity index (χ4n) is 4.56. The maximum Gasteiger partial charge on any atom is 0.255 e. The average molecular weight is 444 g/mol. The van der Waals surface area contributed by atoms with Crippen LogP contribution in [0.15, 0.2) is 24.4 Å². The van der Waals surface area contributed by atoms with Gasteiger partial charge in [-0.05, 0) is 25.0 Å². The molecule has 1 aromatic heterocycles. The highest BCUT2D eigenvalue weighted by atomic mass is 32.3. The Morgan fingerprint density at radius 2 is 2.03 bits per heavy atom. The molecule has 3 aliphatic rings. The maximum absolute atomic E-state index is 13.0. The maximum atomic E-state index is 13.0. The first-order valence-corrected chi connectivity index (χ1v) is 11.5. The van der Waals surface area contributed by atoms with Crippen LogP contribution in [0.3, 0.4) is 0 Å². The lowest BCUT2D eigenvalue weighted by atomic mass is 9.82. The van der Waals surface area contributed by atoms with E-state index in [0.29, 0.717) is 29.7 Å². The van der Waals surface area contributed by atoms with Crippen LogP contribution in [-0.2, 0) is 35.5 Å². The topological polar surface area (TPSA) is 163 Å². The third-order valence-electron chi connectivity index (χ3n) is 6.47. The van der Waals surface area contributed by atoms with Gasteiger partial charge in [0, 0.05) is 36.9 Å². The number of amides is 3. The highest BCUT2D eigenvalue weighted by molar-refractivity contribution is 7.96. The molecule has 31 heavy (non-hydrogen) atoms. The molecule has 2 fully saturated rings. The number of piperidine rings is 1. The third-order valence-corrected chi connectivity index (χ3v) is 8.18. The average Bonchev–Trinajstić information content (AvgIpc) is 3.25. The molecule has 2 unspecified atom stereocenters. The summed E-state index contributed by atoms with van der Waals surface area (Å²) in [4.78, 5) is 38.1. The van der Waals surface area contributed by atoms with Crippen molar-refractivity contribution in [2.24, 2.45) is 5.14 Å². The van der Waals surface area contributed by atoms with Gasteiger partial charge in [-0.25, -0.2) is 4.68 Å². The summed E-state index contributed by atoms with van der Waals surface area (Å²) < 4.78 is 24.6. The summed E-state index contributed by atoms with van der Waals surface area (Å²) in [6.45, 7) is 0.173. The van der Waals surface area contributed by atoms with E-state index >= 15 is 0 Å². The summed E-state index contributed by atoms with van der Waals surface area (Å²) in [6, 6.07) is 4.39. The van der Waals surface area contributed by atoms with E-state index in [-0.39, 0.29) is 36.9 Å². The zero-order valence-electron chi connectivity index (χ0n) is 16.4. The Hall–Kier alpha value is -2.96. The van der Waals surface area contributed by atoms with Gasteiger partial charge in [0.25, 0.3) is 5.91 Å². The third kappa shape index (κ3) is 2.93. The van der Waals surface area contributed by atoms with Gasteiger partial charge in [-0.2, -0.15) is 5.14 Å². The van der Waals surface area contributed by atoms with Crippen LogP contribution >= 0.6 is 0 Å². The summed E-state index contributed by atoms with van der Waals surface area (Å²) in [7, 11) is -3.85. The minimum absolute atomic E-state index is 0.172. The molecule has 11 nitrogen and oxygen atoms in total. The van der Waals surface area contributed by atoms with Crippen molar-refractivity contribution in [2.45, 2.75) is 49.4 Å². The van der Waals surface area contributed by atoms with Crippen molar-refractivity contribution in [2.75, 3.05) is 0 Å². The van der Waals surface area contributed by atoms with Crippen molar-refractivity contribution in [3.63, 3.8) is 0 Å². The predicted molar refractivity (Wildman–Crippen MR) is 106 cm³/mol. The van der Waals surface area contributed by atoms with Crippen LogP contribution < -0.4 is 10.5 Å². The number of fused-ring (bicyclic) bond motifs is 1. The van der Waals surface area contributed by atoms with Crippen molar-refractivity contribution in [3.8, 4) is 5.69 Å². The fraction of sp³-hybridized carbons (Fsp3) is 0.421. The van der Waals surface area contributed by atoms with Crippen LogP contribution in [0.2, 0.25) is 0 Å². The van der Waals surface area contributed by atoms with Crippen LogP contribution in [0.1, 0.15) is 53.7 Å². The number of hydrogen-bond acceptors (Lipinski definition) is 7. The molecule has 0 radical (unpaired) electrons. The summed E-state index contributed by atoms with van der Waals surface area (Å²) >= 11 is 0. The van der Waals surface area contributed by atoms with E-state index in [1.165, 1.54) is 15.8 Å². The van der Waals surface area contributed by atoms with Crippen molar-refractivity contribution in [1.29, 1.82) is 0 Å². The number of primary sulfonamides is 1. The summed E-state index contributed by atoms with van der Waals surface area (Å²) in [5.41, 5.74) is 1.95. The van der Waals surface area contributed by atoms with E-state index < -0.39 is 27.1 Å². The quantitative estimate of drug-likeness (QED) is 0.491. The Labute approximate surface area is 178 Å². The summed E-state index contributed by atoms with van der Waals surface area (Å²) in [6.07, 6.45) is 3.49. The second-order valence-electron chi connectivity index (χ2n) is 8.14. The number of hydrogen-bond donors (Lipinski definition) is 2. The molecule has 1 saturated heterocycles. The molecule has 1 saturated carbocycles. The van der Waals surface area contributed by atoms with Gasteiger partial charge in [0.2, 0.25) is 11.8 Å². The summed E-state index contributed by atoms with van der Waals surface area (Å²) in [5, 5.41) is 15.9. The molecular weight excluding hydrogens is 424 g/mol. The van der Waals surface area contributed by atoms with E-state index in [9.17, 15) is 23.1 Å². The fourth-order valence-corrected chi connectivity index (χ4v) is 5.80. The number of aromatic nitrogens is 3. The van der Waals surface area contributed by atoms with E-state index in [0.717, 1.165) is 6.42 Å². The molecule has 12 heteroatoms. The van der Waals surface area contributed by atoms with Crippen LogP contribution in [0.4, 0.5) is 0 Å². The van der Waals surface area contributed by atoms with Gasteiger partial charge in [-0.15, -0.1) is 5.10 Å². The molecule has 5 rings (SSSR count). The molecule has 2 atom stereocenters. The second kappa shape index (κ2) is 6.77. The number of sulfonamides is 1.